The van der Waals surface area contributed by atoms with E-state index in [9.17, 15) is 28.8 Å². The summed E-state index contributed by atoms with van der Waals surface area (Å²) in [7, 11) is 0. The van der Waals surface area contributed by atoms with Crippen LogP contribution in [0.25, 0.3) is 0 Å². The van der Waals surface area contributed by atoms with Gasteiger partial charge < -0.3 is 0 Å². The van der Waals surface area contributed by atoms with Gasteiger partial charge in [0.25, 0.3) is 0 Å². The van der Waals surface area contributed by atoms with Crippen LogP contribution in [-0.4, -0.2) is 50.1 Å². The first-order valence-electron chi connectivity index (χ1n) is 18.6. The minimum Gasteiger partial charge on any atom is -0.247 e. The zero-order valence-corrected chi connectivity index (χ0v) is 29.1. The molecule has 0 bridgehead atoms. The molecule has 0 radical (unpaired) electrons. The van der Waals surface area contributed by atoms with Crippen molar-refractivity contribution < 1.29 is 14.4 Å². The summed E-state index contributed by atoms with van der Waals surface area (Å²) < 4.78 is 3.96. The Balaban J connectivity index is 2.08. The molecular formula is C36H54N6O6. The predicted molar refractivity (Wildman–Crippen MR) is 183 cm³/mol. The lowest BCUT2D eigenvalue weighted by atomic mass is 9.78. The van der Waals surface area contributed by atoms with Crippen molar-refractivity contribution in [2.24, 2.45) is 32.7 Å². The molecule has 3 aliphatic carbocycles. The van der Waals surface area contributed by atoms with E-state index in [1.54, 1.807) is 18.2 Å². The molecule has 1 aromatic rings. The van der Waals surface area contributed by atoms with Crippen LogP contribution in [0.15, 0.2) is 29.4 Å². The van der Waals surface area contributed by atoms with Crippen LogP contribution in [-0.2, 0) is 14.4 Å². The van der Waals surface area contributed by atoms with Crippen molar-refractivity contribution in [1.29, 1.82) is 0 Å². The third kappa shape index (κ3) is 8.05. The fourth-order valence-electron chi connectivity index (χ4n) is 9.39. The van der Waals surface area contributed by atoms with Crippen LogP contribution < -0.4 is 17.1 Å². The number of hydrogen-bond donors (Lipinski definition) is 0. The maximum atomic E-state index is 15.0. The standard InChI is InChI=1S/C36H54N6O6/c1-4-13-31(25-16-7-10-19-28(25)37-22-43)40-34(46)41(32(14-5-2)26-17-8-11-20-29(26)38-23-44)36(48)42(35(40)47)33(15-6-3)27-18-9-12-21-30(27)39-24-45/h25-33H,4-21H2,1-3H3. The Morgan fingerprint density at radius 2 is 0.750 bits per heavy atom. The van der Waals surface area contributed by atoms with E-state index >= 15 is 0 Å². The first-order valence-corrected chi connectivity index (χ1v) is 18.6. The third-order valence-corrected chi connectivity index (χ3v) is 11.5. The second-order valence-electron chi connectivity index (χ2n) is 14.2. The summed E-state index contributed by atoms with van der Waals surface area (Å²) in [6, 6.07) is -2.86. The van der Waals surface area contributed by atoms with Gasteiger partial charge in [0, 0.05) is 35.9 Å². The Labute approximate surface area is 282 Å². The van der Waals surface area contributed by atoms with Crippen molar-refractivity contribution in [1.82, 2.24) is 13.7 Å². The lowest BCUT2D eigenvalue weighted by Crippen LogP contribution is -2.60. The van der Waals surface area contributed by atoms with Crippen molar-refractivity contribution in [2.45, 2.75) is 173 Å². The van der Waals surface area contributed by atoms with E-state index in [2.05, 4.69) is 15.0 Å². The van der Waals surface area contributed by atoms with E-state index in [1.807, 2.05) is 20.8 Å². The molecule has 264 valence electrons. The second kappa shape index (κ2) is 18.4. The second-order valence-corrected chi connectivity index (χ2v) is 14.2. The Kier molecular flexibility index (Phi) is 14.3. The highest BCUT2D eigenvalue weighted by molar-refractivity contribution is 5.34. The average molecular weight is 667 g/mol. The molecule has 0 aliphatic heterocycles. The quantitative estimate of drug-likeness (QED) is 0.168. The summed E-state index contributed by atoms with van der Waals surface area (Å²) in [6.45, 7) is 6.00. The molecule has 0 amide bonds. The number of rotatable bonds is 15. The van der Waals surface area contributed by atoms with E-state index in [0.717, 1.165) is 38.5 Å². The van der Waals surface area contributed by atoms with Gasteiger partial charge in [-0.15, -0.1) is 0 Å². The van der Waals surface area contributed by atoms with Crippen LogP contribution in [0.5, 0.6) is 0 Å². The van der Waals surface area contributed by atoms with E-state index in [-0.39, 0.29) is 35.9 Å². The van der Waals surface area contributed by atoms with Gasteiger partial charge in [-0.2, -0.15) is 0 Å². The lowest BCUT2D eigenvalue weighted by molar-refractivity contribution is 0.148. The van der Waals surface area contributed by atoms with Gasteiger partial charge in [-0.1, -0.05) is 78.6 Å². The predicted octanol–water partition coefficient (Wildman–Crippen LogP) is 5.88. The summed E-state index contributed by atoms with van der Waals surface area (Å²) >= 11 is 0. The minimum atomic E-state index is -0.640. The molecule has 0 aromatic carbocycles. The summed E-state index contributed by atoms with van der Waals surface area (Å²) in [6.07, 6.45) is 18.2. The maximum absolute atomic E-state index is 15.0. The van der Waals surface area contributed by atoms with Crippen molar-refractivity contribution in [3.63, 3.8) is 0 Å². The van der Waals surface area contributed by atoms with Crippen molar-refractivity contribution >= 4 is 18.2 Å². The highest BCUT2D eigenvalue weighted by Crippen LogP contribution is 2.40. The molecule has 0 saturated heterocycles. The summed E-state index contributed by atoms with van der Waals surface area (Å²) in [5, 5.41) is 0. The van der Waals surface area contributed by atoms with Crippen LogP contribution in [0.1, 0.15) is 154 Å². The molecule has 3 saturated carbocycles. The Bertz CT molecular complexity index is 1330. The van der Waals surface area contributed by atoms with Crippen molar-refractivity contribution in [3.05, 3.63) is 31.5 Å². The lowest BCUT2D eigenvalue weighted by Gasteiger charge is -2.39. The molecule has 4 rings (SSSR count). The average Bonchev–Trinajstić information content (AvgIpc) is 3.08. The van der Waals surface area contributed by atoms with Crippen molar-refractivity contribution in [2.75, 3.05) is 0 Å². The Hall–Kier alpha value is -3.45. The fraction of sp³-hybridized carbons (Fsp3) is 0.833. The van der Waals surface area contributed by atoms with Gasteiger partial charge in [0.1, 0.15) is 0 Å². The monoisotopic (exact) mass is 666 g/mol. The highest BCUT2D eigenvalue weighted by Gasteiger charge is 2.41. The van der Waals surface area contributed by atoms with E-state index in [4.69, 9.17) is 0 Å². The molecule has 12 heteroatoms. The maximum Gasteiger partial charge on any atom is 0.336 e. The SMILES string of the molecule is CCCC(C1CCCCC1N=C=O)n1c(=O)n(C(CCC)C2CCCCC2N=C=O)c(=O)n(C(CCC)C2CCCCC2N=C=O)c1=O. The summed E-state index contributed by atoms with van der Waals surface area (Å²) in [5.74, 6) is -0.741. The Morgan fingerprint density at radius 3 is 0.979 bits per heavy atom. The fourth-order valence-corrected chi connectivity index (χ4v) is 9.39. The first kappa shape index (κ1) is 37.4. The number of carbonyl (C=O) groups excluding carboxylic acids is 3. The van der Waals surface area contributed by atoms with Gasteiger partial charge in [-0.25, -0.2) is 57.4 Å². The van der Waals surface area contributed by atoms with Gasteiger partial charge >= 0.3 is 17.1 Å². The van der Waals surface area contributed by atoms with E-state index in [0.29, 0.717) is 77.0 Å². The molecule has 3 fully saturated rings. The molecule has 9 atom stereocenters. The third-order valence-electron chi connectivity index (χ3n) is 11.5. The van der Waals surface area contributed by atoms with Crippen LogP contribution in [0, 0.1) is 17.8 Å². The number of isocyanates is 3. The van der Waals surface area contributed by atoms with Crippen LogP contribution >= 0.6 is 0 Å². The van der Waals surface area contributed by atoms with Crippen molar-refractivity contribution in [3.8, 4) is 0 Å². The smallest absolute Gasteiger partial charge is 0.247 e. The molecule has 0 spiro atoms. The topological polar surface area (TPSA) is 154 Å². The Morgan fingerprint density at radius 1 is 0.500 bits per heavy atom. The molecule has 1 aromatic heterocycles. The highest BCUT2D eigenvalue weighted by atomic mass is 16.2. The first-order chi connectivity index (χ1) is 23.4. The largest absolute Gasteiger partial charge is 0.336 e. The molecule has 9 unspecified atom stereocenters. The van der Waals surface area contributed by atoms with E-state index in [1.165, 1.54) is 13.7 Å². The van der Waals surface area contributed by atoms with Gasteiger partial charge in [-0.3, -0.25) is 0 Å². The van der Waals surface area contributed by atoms with Gasteiger partial charge in [-0.05, 0) is 57.8 Å². The summed E-state index contributed by atoms with van der Waals surface area (Å²) in [5.41, 5.74) is -1.92. The number of hydrogen-bond acceptors (Lipinski definition) is 9. The zero-order chi connectivity index (χ0) is 34.6. The minimum absolute atomic E-state index is 0.247. The molecule has 12 nitrogen and oxygen atoms in total. The van der Waals surface area contributed by atoms with Gasteiger partial charge in [0.15, 0.2) is 0 Å². The number of aliphatic imine (C=N–C) groups is 3. The normalized spacial score (nSPS) is 27.8. The molecule has 0 N–H and O–H groups in total. The van der Waals surface area contributed by atoms with Crippen LogP contribution in [0.2, 0.25) is 0 Å². The molecular weight excluding hydrogens is 612 g/mol. The molecule has 1 heterocycles. The number of nitrogens with zero attached hydrogens (tertiary/aromatic N) is 6. The van der Waals surface area contributed by atoms with Crippen LogP contribution in [0.3, 0.4) is 0 Å². The summed E-state index contributed by atoms with van der Waals surface area (Å²) in [4.78, 5) is 91.9. The van der Waals surface area contributed by atoms with Gasteiger partial charge in [0.05, 0.1) is 18.1 Å². The number of aromatic nitrogens is 3. The zero-order valence-electron chi connectivity index (χ0n) is 29.1. The van der Waals surface area contributed by atoms with Crippen LogP contribution in [0.4, 0.5) is 0 Å². The van der Waals surface area contributed by atoms with E-state index < -0.39 is 35.2 Å². The molecule has 48 heavy (non-hydrogen) atoms. The van der Waals surface area contributed by atoms with Gasteiger partial charge in [0.2, 0.25) is 18.2 Å². The molecule has 3 aliphatic rings.